The zero-order chi connectivity index (χ0) is 20.4. The predicted molar refractivity (Wildman–Crippen MR) is 119 cm³/mol. The third-order valence-corrected chi connectivity index (χ3v) is 5.96. The van der Waals surface area contributed by atoms with Crippen LogP contribution in [0.5, 0.6) is 0 Å². The van der Waals surface area contributed by atoms with Crippen molar-refractivity contribution in [2.45, 2.75) is 32.4 Å². The summed E-state index contributed by atoms with van der Waals surface area (Å²) in [4.78, 5) is 6.77. The number of nitrogens with one attached hydrogen (secondary N) is 1. The van der Waals surface area contributed by atoms with E-state index in [2.05, 4.69) is 70.1 Å². The molecule has 0 unspecified atom stereocenters. The van der Waals surface area contributed by atoms with Gasteiger partial charge in [0.05, 0.1) is 17.8 Å². The molecule has 3 aromatic rings. The lowest BCUT2D eigenvalue weighted by atomic mass is 10.0. The standard InChI is InChI=1S/C23H26N4OS/c1-16-9-10-18(15-17(16)2)26-12-5-8-20(26)22-21(19-7-3-4-11-24-19)25-23(29)27(22)13-6-14-28/h3-5,7-12,15,21-22,28H,6,13-14H2,1-2H3,(H,25,29)/t21-,22+/m0/s1. The molecule has 0 spiro atoms. The number of benzene rings is 1. The van der Waals surface area contributed by atoms with Gasteiger partial charge >= 0.3 is 0 Å². The van der Waals surface area contributed by atoms with Crippen LogP contribution in [-0.4, -0.2) is 37.8 Å². The summed E-state index contributed by atoms with van der Waals surface area (Å²) in [5.74, 6) is 0. The fourth-order valence-electron chi connectivity index (χ4n) is 3.95. The number of nitrogens with zero attached hydrogens (tertiary/aromatic N) is 3. The molecule has 150 valence electrons. The Morgan fingerprint density at radius 3 is 2.69 bits per heavy atom. The number of aromatic nitrogens is 2. The van der Waals surface area contributed by atoms with Crippen molar-refractivity contribution in [3.05, 3.63) is 83.4 Å². The van der Waals surface area contributed by atoms with E-state index in [9.17, 15) is 5.11 Å². The summed E-state index contributed by atoms with van der Waals surface area (Å²) >= 11 is 5.68. The highest BCUT2D eigenvalue weighted by Crippen LogP contribution is 2.39. The molecule has 6 heteroatoms. The van der Waals surface area contributed by atoms with E-state index >= 15 is 0 Å². The highest BCUT2D eigenvalue weighted by atomic mass is 32.1. The van der Waals surface area contributed by atoms with Crippen LogP contribution in [0.3, 0.4) is 0 Å². The molecule has 0 aliphatic carbocycles. The topological polar surface area (TPSA) is 53.3 Å². The maximum Gasteiger partial charge on any atom is 0.170 e. The van der Waals surface area contributed by atoms with Gasteiger partial charge < -0.3 is 19.9 Å². The number of pyridine rings is 1. The molecule has 1 fully saturated rings. The molecule has 2 atom stereocenters. The summed E-state index contributed by atoms with van der Waals surface area (Å²) in [6.45, 7) is 5.09. The minimum atomic E-state index is -0.0532. The second-order valence-electron chi connectivity index (χ2n) is 7.47. The van der Waals surface area contributed by atoms with Crippen molar-refractivity contribution in [3.63, 3.8) is 0 Å². The Hall–Kier alpha value is -2.70. The molecule has 1 saturated heterocycles. The van der Waals surface area contributed by atoms with E-state index in [1.807, 2.05) is 24.4 Å². The van der Waals surface area contributed by atoms with Gasteiger partial charge in [-0.3, -0.25) is 4.98 Å². The number of rotatable bonds is 6. The summed E-state index contributed by atoms with van der Waals surface area (Å²) < 4.78 is 2.23. The Labute approximate surface area is 177 Å². The van der Waals surface area contributed by atoms with E-state index in [4.69, 9.17) is 12.2 Å². The van der Waals surface area contributed by atoms with Gasteiger partial charge in [-0.25, -0.2) is 0 Å². The molecule has 0 saturated carbocycles. The summed E-state index contributed by atoms with van der Waals surface area (Å²) in [6, 6.07) is 16.6. The lowest BCUT2D eigenvalue weighted by molar-refractivity contribution is 0.245. The van der Waals surface area contributed by atoms with Gasteiger partial charge in [0.2, 0.25) is 0 Å². The van der Waals surface area contributed by atoms with Gasteiger partial charge in [0.15, 0.2) is 5.11 Å². The molecule has 29 heavy (non-hydrogen) atoms. The summed E-state index contributed by atoms with van der Waals surface area (Å²) in [6.07, 6.45) is 4.58. The zero-order valence-electron chi connectivity index (χ0n) is 16.7. The molecular weight excluding hydrogens is 380 g/mol. The molecular formula is C23H26N4OS. The van der Waals surface area contributed by atoms with E-state index in [1.165, 1.54) is 11.1 Å². The number of aliphatic hydroxyl groups is 1. The van der Waals surface area contributed by atoms with Crippen molar-refractivity contribution >= 4 is 17.3 Å². The molecule has 3 heterocycles. The Kier molecular flexibility index (Phi) is 5.65. The smallest absolute Gasteiger partial charge is 0.170 e. The van der Waals surface area contributed by atoms with Gasteiger partial charge in [-0.1, -0.05) is 12.1 Å². The van der Waals surface area contributed by atoms with E-state index in [0.717, 1.165) is 17.1 Å². The molecule has 0 radical (unpaired) electrons. The molecule has 2 N–H and O–H groups in total. The molecule has 2 aromatic heterocycles. The molecule has 1 aromatic carbocycles. The Balaban J connectivity index is 1.79. The van der Waals surface area contributed by atoms with Gasteiger partial charge in [-0.2, -0.15) is 0 Å². The predicted octanol–water partition coefficient (Wildman–Crippen LogP) is 3.84. The van der Waals surface area contributed by atoms with Crippen molar-refractivity contribution in [2.75, 3.05) is 13.2 Å². The third kappa shape index (κ3) is 3.78. The minimum absolute atomic E-state index is 0.0134. The SMILES string of the molecule is Cc1ccc(-n2cccc2[C@@H]2[C@H](c3ccccn3)NC(=S)N2CCCO)cc1C. The number of aryl methyl sites for hydroxylation is 2. The summed E-state index contributed by atoms with van der Waals surface area (Å²) in [5.41, 5.74) is 5.78. The zero-order valence-corrected chi connectivity index (χ0v) is 17.6. The molecule has 4 rings (SSSR count). The first-order valence-corrected chi connectivity index (χ1v) is 10.3. The number of thiocarbonyl (C=S) groups is 1. The maximum absolute atomic E-state index is 9.39. The fourth-order valence-corrected chi connectivity index (χ4v) is 4.29. The molecule has 1 aliphatic rings. The van der Waals surface area contributed by atoms with Crippen LogP contribution in [0.25, 0.3) is 5.69 Å². The van der Waals surface area contributed by atoms with Crippen LogP contribution in [-0.2, 0) is 0 Å². The van der Waals surface area contributed by atoms with Crippen molar-refractivity contribution in [1.29, 1.82) is 0 Å². The van der Waals surface area contributed by atoms with Crippen LogP contribution in [0.1, 0.15) is 41.0 Å². The second-order valence-corrected chi connectivity index (χ2v) is 7.86. The van der Waals surface area contributed by atoms with Gasteiger partial charge in [-0.05, 0) is 80.0 Å². The van der Waals surface area contributed by atoms with Crippen LogP contribution >= 0.6 is 12.2 Å². The normalized spacial score (nSPS) is 18.9. The summed E-state index contributed by atoms with van der Waals surface area (Å²) in [7, 11) is 0. The highest BCUT2D eigenvalue weighted by molar-refractivity contribution is 7.80. The van der Waals surface area contributed by atoms with E-state index < -0.39 is 0 Å². The first kappa shape index (κ1) is 19.6. The number of hydrogen-bond donors (Lipinski definition) is 2. The Morgan fingerprint density at radius 2 is 1.97 bits per heavy atom. The third-order valence-electron chi connectivity index (χ3n) is 5.61. The van der Waals surface area contributed by atoms with E-state index in [0.29, 0.717) is 18.1 Å². The number of aliphatic hydroxyl groups excluding tert-OH is 1. The Morgan fingerprint density at radius 1 is 1.10 bits per heavy atom. The number of hydrogen-bond acceptors (Lipinski definition) is 3. The fraction of sp³-hybridized carbons (Fsp3) is 0.304. The van der Waals surface area contributed by atoms with Crippen LogP contribution in [0.15, 0.2) is 60.9 Å². The van der Waals surface area contributed by atoms with Crippen LogP contribution in [0, 0.1) is 13.8 Å². The molecule has 1 aliphatic heterocycles. The lowest BCUT2D eigenvalue weighted by Crippen LogP contribution is -2.31. The highest BCUT2D eigenvalue weighted by Gasteiger charge is 2.40. The van der Waals surface area contributed by atoms with E-state index in [1.54, 1.807) is 0 Å². The average molecular weight is 407 g/mol. The van der Waals surface area contributed by atoms with Crippen LogP contribution in [0.4, 0.5) is 0 Å². The van der Waals surface area contributed by atoms with Gasteiger partial charge in [0, 0.05) is 36.9 Å². The second kappa shape index (κ2) is 8.35. The largest absolute Gasteiger partial charge is 0.396 e. The minimum Gasteiger partial charge on any atom is -0.396 e. The van der Waals surface area contributed by atoms with Crippen molar-refractivity contribution in [2.24, 2.45) is 0 Å². The molecule has 0 bridgehead atoms. The van der Waals surface area contributed by atoms with Crippen molar-refractivity contribution in [3.8, 4) is 5.69 Å². The lowest BCUT2D eigenvalue weighted by Gasteiger charge is -2.29. The molecule has 5 nitrogen and oxygen atoms in total. The molecule has 0 amide bonds. The van der Waals surface area contributed by atoms with Gasteiger partial charge in [0.25, 0.3) is 0 Å². The van der Waals surface area contributed by atoms with Crippen molar-refractivity contribution in [1.82, 2.24) is 19.8 Å². The first-order valence-electron chi connectivity index (χ1n) is 9.94. The van der Waals surface area contributed by atoms with Gasteiger partial charge in [-0.15, -0.1) is 0 Å². The monoisotopic (exact) mass is 406 g/mol. The first-order chi connectivity index (χ1) is 14.1. The van der Waals surface area contributed by atoms with Crippen LogP contribution < -0.4 is 5.32 Å². The van der Waals surface area contributed by atoms with Crippen LogP contribution in [0.2, 0.25) is 0 Å². The maximum atomic E-state index is 9.39. The van der Waals surface area contributed by atoms with Gasteiger partial charge in [0.1, 0.15) is 0 Å². The van der Waals surface area contributed by atoms with E-state index in [-0.39, 0.29) is 18.7 Å². The average Bonchev–Trinajstić information content (AvgIpc) is 3.33. The Bertz CT molecular complexity index is 1000. The quantitative estimate of drug-likeness (QED) is 0.609. The summed E-state index contributed by atoms with van der Waals surface area (Å²) in [5, 5.41) is 13.6. The van der Waals surface area contributed by atoms with Crippen molar-refractivity contribution < 1.29 is 5.11 Å².